The lowest BCUT2D eigenvalue weighted by molar-refractivity contribution is -0.139. The summed E-state index contributed by atoms with van der Waals surface area (Å²) in [6, 6.07) is 14.9. The first-order chi connectivity index (χ1) is 16.5. The predicted molar refractivity (Wildman–Crippen MR) is 128 cm³/mol. The Bertz CT molecular complexity index is 976. The second kappa shape index (κ2) is 12.4. The molecule has 34 heavy (non-hydrogen) atoms. The van der Waals surface area contributed by atoms with Gasteiger partial charge in [-0.15, -0.1) is 6.58 Å². The van der Waals surface area contributed by atoms with Crippen LogP contribution in [0.5, 0.6) is 0 Å². The van der Waals surface area contributed by atoms with Crippen molar-refractivity contribution < 1.29 is 29.0 Å². The smallest absolute Gasteiger partial charge is 0.407 e. The maximum atomic E-state index is 12.4. The molecule has 0 saturated heterocycles. The van der Waals surface area contributed by atoms with Crippen molar-refractivity contribution in [1.29, 1.82) is 0 Å². The van der Waals surface area contributed by atoms with Crippen LogP contribution in [0.4, 0.5) is 9.59 Å². The van der Waals surface area contributed by atoms with Gasteiger partial charge in [0.25, 0.3) is 0 Å². The Hall–Kier alpha value is -3.81. The van der Waals surface area contributed by atoms with Gasteiger partial charge in [0.2, 0.25) is 0 Å². The van der Waals surface area contributed by atoms with Crippen LogP contribution in [0.25, 0.3) is 11.1 Å². The van der Waals surface area contributed by atoms with E-state index in [-0.39, 0.29) is 25.6 Å². The topological polar surface area (TPSA) is 114 Å². The van der Waals surface area contributed by atoms with Gasteiger partial charge in [0.05, 0.1) is 6.61 Å². The van der Waals surface area contributed by atoms with Gasteiger partial charge < -0.3 is 25.2 Å². The summed E-state index contributed by atoms with van der Waals surface area (Å²) < 4.78 is 10.4. The Balaban J connectivity index is 1.44. The Morgan fingerprint density at radius 2 is 1.62 bits per heavy atom. The van der Waals surface area contributed by atoms with E-state index in [2.05, 4.69) is 17.2 Å². The molecule has 1 aliphatic rings. The molecule has 0 radical (unpaired) electrons. The molecule has 0 bridgehead atoms. The maximum Gasteiger partial charge on any atom is 0.407 e. The molecule has 3 rings (SSSR count). The first-order valence-corrected chi connectivity index (χ1v) is 11.4. The molecule has 1 atom stereocenters. The number of amides is 2. The Morgan fingerprint density at radius 3 is 2.24 bits per heavy atom. The number of aliphatic carboxylic acids is 1. The fourth-order valence-electron chi connectivity index (χ4n) is 3.99. The van der Waals surface area contributed by atoms with E-state index in [0.717, 1.165) is 22.3 Å². The largest absolute Gasteiger partial charge is 0.480 e. The van der Waals surface area contributed by atoms with E-state index >= 15 is 0 Å². The third kappa shape index (κ3) is 6.60. The molecular formula is C26H30N2O6. The molecule has 0 aliphatic heterocycles. The van der Waals surface area contributed by atoms with Gasteiger partial charge in [-0.1, -0.05) is 54.6 Å². The molecule has 0 unspecified atom stereocenters. The van der Waals surface area contributed by atoms with Gasteiger partial charge in [-0.3, -0.25) is 0 Å². The second-order valence-electron chi connectivity index (χ2n) is 8.00. The minimum absolute atomic E-state index is 0.0984. The van der Waals surface area contributed by atoms with Crippen molar-refractivity contribution in [2.45, 2.75) is 37.6 Å². The van der Waals surface area contributed by atoms with Gasteiger partial charge in [-0.05, 0) is 47.9 Å². The summed E-state index contributed by atoms with van der Waals surface area (Å²) in [5.41, 5.74) is 4.41. The van der Waals surface area contributed by atoms with E-state index in [4.69, 9.17) is 9.47 Å². The summed E-state index contributed by atoms with van der Waals surface area (Å²) in [6.07, 6.45) is 2.21. The van der Waals surface area contributed by atoms with Crippen molar-refractivity contribution in [3.63, 3.8) is 0 Å². The number of rotatable bonds is 12. The molecule has 2 aromatic carbocycles. The molecule has 0 spiro atoms. The van der Waals surface area contributed by atoms with Crippen LogP contribution in [0.1, 0.15) is 42.7 Å². The third-order valence-electron chi connectivity index (χ3n) is 5.68. The van der Waals surface area contributed by atoms with Crippen molar-refractivity contribution in [2.75, 3.05) is 19.8 Å². The van der Waals surface area contributed by atoms with Gasteiger partial charge in [-0.25, -0.2) is 14.4 Å². The quantitative estimate of drug-likeness (QED) is 0.315. The number of carbonyl (C=O) groups excluding carboxylic acids is 2. The fraction of sp³-hybridized carbons (Fsp3) is 0.346. The number of fused-ring (bicyclic) bond motifs is 3. The minimum Gasteiger partial charge on any atom is -0.480 e. The Kier molecular flexibility index (Phi) is 9.08. The molecule has 1 aliphatic carbocycles. The van der Waals surface area contributed by atoms with Crippen LogP contribution in [0.2, 0.25) is 0 Å². The molecule has 8 heteroatoms. The Morgan fingerprint density at radius 1 is 0.971 bits per heavy atom. The highest BCUT2D eigenvalue weighted by atomic mass is 16.6. The molecule has 8 nitrogen and oxygen atoms in total. The number of alkyl carbamates (subject to hydrolysis) is 2. The predicted octanol–water partition coefficient (Wildman–Crippen LogP) is 4.45. The molecule has 2 amide bonds. The molecular weight excluding hydrogens is 436 g/mol. The van der Waals surface area contributed by atoms with Gasteiger partial charge in [-0.2, -0.15) is 0 Å². The lowest BCUT2D eigenvalue weighted by Crippen LogP contribution is -2.41. The lowest BCUT2D eigenvalue weighted by atomic mass is 9.98. The van der Waals surface area contributed by atoms with E-state index in [1.807, 2.05) is 48.5 Å². The van der Waals surface area contributed by atoms with Crippen LogP contribution in [-0.2, 0) is 14.3 Å². The van der Waals surface area contributed by atoms with Crippen LogP contribution in [0, 0.1) is 0 Å². The molecule has 0 heterocycles. The number of hydrogen-bond donors (Lipinski definition) is 3. The number of carboxylic acid groups (broad SMARTS) is 1. The second-order valence-corrected chi connectivity index (χ2v) is 8.00. The van der Waals surface area contributed by atoms with Gasteiger partial charge in [0, 0.05) is 12.5 Å². The zero-order valence-corrected chi connectivity index (χ0v) is 19.0. The summed E-state index contributed by atoms with van der Waals surface area (Å²) in [4.78, 5) is 35.4. The first kappa shape index (κ1) is 24.8. The number of hydrogen-bond acceptors (Lipinski definition) is 5. The Labute approximate surface area is 199 Å². The van der Waals surface area contributed by atoms with Crippen molar-refractivity contribution in [1.82, 2.24) is 10.6 Å². The molecule has 2 aromatic rings. The van der Waals surface area contributed by atoms with E-state index in [0.29, 0.717) is 25.8 Å². The van der Waals surface area contributed by atoms with E-state index in [1.165, 1.54) is 0 Å². The van der Waals surface area contributed by atoms with E-state index in [1.54, 1.807) is 6.08 Å². The van der Waals surface area contributed by atoms with Gasteiger partial charge in [0.1, 0.15) is 12.6 Å². The first-order valence-electron chi connectivity index (χ1n) is 11.4. The fourth-order valence-corrected chi connectivity index (χ4v) is 3.99. The van der Waals surface area contributed by atoms with Crippen LogP contribution in [0.3, 0.4) is 0 Å². The standard InChI is InChI=1S/C26H30N2O6/c1-2-3-16-33-25(31)27-15-9-8-14-23(24(29)30)28-26(32)34-17-22-20-12-6-4-10-18(20)19-11-5-7-13-21(19)22/h2,4-7,10-13,22-23H,1,3,8-9,14-17H2,(H,27,31)(H,28,32)(H,29,30)/t23-/m0/s1. The monoisotopic (exact) mass is 466 g/mol. The summed E-state index contributed by atoms with van der Waals surface area (Å²) in [5, 5.41) is 14.5. The average molecular weight is 467 g/mol. The molecule has 0 aromatic heterocycles. The molecule has 0 fully saturated rings. The highest BCUT2D eigenvalue weighted by Gasteiger charge is 2.29. The maximum absolute atomic E-state index is 12.4. The van der Waals surface area contributed by atoms with Crippen LogP contribution in [-0.4, -0.2) is 49.1 Å². The van der Waals surface area contributed by atoms with Crippen LogP contribution >= 0.6 is 0 Å². The summed E-state index contributed by atoms with van der Waals surface area (Å²) in [7, 11) is 0. The number of nitrogens with one attached hydrogen (secondary N) is 2. The highest BCUT2D eigenvalue weighted by molar-refractivity contribution is 5.81. The number of carbonyl (C=O) groups is 3. The molecule has 0 saturated carbocycles. The van der Waals surface area contributed by atoms with Crippen molar-refractivity contribution in [3.8, 4) is 11.1 Å². The normalized spacial score (nSPS) is 12.7. The lowest BCUT2D eigenvalue weighted by Gasteiger charge is -2.17. The van der Waals surface area contributed by atoms with Crippen molar-refractivity contribution in [3.05, 3.63) is 72.3 Å². The van der Waals surface area contributed by atoms with Crippen molar-refractivity contribution in [2.24, 2.45) is 0 Å². The van der Waals surface area contributed by atoms with Gasteiger partial charge >= 0.3 is 18.2 Å². The molecule has 3 N–H and O–H groups in total. The van der Waals surface area contributed by atoms with Crippen LogP contribution in [0.15, 0.2) is 61.2 Å². The number of unbranched alkanes of at least 4 members (excludes halogenated alkanes) is 1. The van der Waals surface area contributed by atoms with Crippen molar-refractivity contribution >= 4 is 18.2 Å². The van der Waals surface area contributed by atoms with Crippen LogP contribution < -0.4 is 10.6 Å². The summed E-state index contributed by atoms with van der Waals surface area (Å²) in [6.45, 7) is 4.28. The van der Waals surface area contributed by atoms with Gasteiger partial charge in [0.15, 0.2) is 0 Å². The average Bonchev–Trinajstić information content (AvgIpc) is 3.15. The number of benzene rings is 2. The summed E-state index contributed by atoms with van der Waals surface area (Å²) in [5.74, 6) is -1.23. The van der Waals surface area contributed by atoms with E-state index in [9.17, 15) is 19.5 Å². The zero-order chi connectivity index (χ0) is 24.3. The SMILES string of the molecule is C=CCCOC(=O)NCCCC[C@H](NC(=O)OCC1c2ccccc2-c2ccccc21)C(=O)O. The van der Waals surface area contributed by atoms with E-state index < -0.39 is 24.2 Å². The number of carboxylic acids is 1. The third-order valence-corrected chi connectivity index (χ3v) is 5.68. The molecule has 180 valence electrons. The highest BCUT2D eigenvalue weighted by Crippen LogP contribution is 2.44. The number of ether oxygens (including phenoxy) is 2. The zero-order valence-electron chi connectivity index (χ0n) is 19.0. The summed E-state index contributed by atoms with van der Waals surface area (Å²) >= 11 is 0. The minimum atomic E-state index is -1.13.